The molecule has 0 saturated heterocycles. The molecule has 0 saturated carbocycles. The number of nitrogens with zero attached hydrogens (tertiary/aromatic N) is 2. The first-order valence-corrected chi connectivity index (χ1v) is 11.2. The molecule has 4 aromatic rings. The van der Waals surface area contributed by atoms with Crippen molar-refractivity contribution >= 4 is 51.4 Å². The molecule has 0 bridgehead atoms. The summed E-state index contributed by atoms with van der Waals surface area (Å²) in [6.07, 6.45) is 2.30. The summed E-state index contributed by atoms with van der Waals surface area (Å²) in [7, 11) is 1.95. The summed E-state index contributed by atoms with van der Waals surface area (Å²) in [6.45, 7) is 2.87. The van der Waals surface area contributed by atoms with Crippen LogP contribution in [0.5, 0.6) is 0 Å². The lowest BCUT2D eigenvalue weighted by molar-refractivity contribution is -0.142. The molecule has 4 rings (SSSR count). The zero-order valence-electron chi connectivity index (χ0n) is 18.0. The number of carbonyl (C=O) groups is 1. The maximum Gasteiger partial charge on any atom is 0.310 e. The average Bonchev–Trinajstić information content (AvgIpc) is 3.11. The van der Waals surface area contributed by atoms with E-state index in [1.54, 1.807) is 0 Å². The normalized spacial score (nSPS) is 11.0. The number of ether oxygens (including phenoxy) is 1. The molecule has 0 aliphatic heterocycles. The van der Waals surface area contributed by atoms with E-state index in [9.17, 15) is 4.79 Å². The predicted octanol–water partition coefficient (Wildman–Crippen LogP) is 6.87. The van der Waals surface area contributed by atoms with Crippen molar-refractivity contribution in [3.8, 4) is 0 Å². The number of fused-ring (bicyclic) bond motifs is 1. The Balaban J connectivity index is 1.65. The van der Waals surface area contributed by atoms with Crippen LogP contribution in [0.25, 0.3) is 10.9 Å². The molecule has 4 nitrogen and oxygen atoms in total. The molecule has 0 spiro atoms. The maximum absolute atomic E-state index is 12.1. The van der Waals surface area contributed by atoms with Crippen LogP contribution in [-0.4, -0.2) is 24.2 Å². The largest absolute Gasteiger partial charge is 0.466 e. The minimum absolute atomic E-state index is 0.212. The number of para-hydroxylation sites is 2. The van der Waals surface area contributed by atoms with Gasteiger partial charge in [0.2, 0.25) is 0 Å². The molecule has 0 aliphatic carbocycles. The number of aromatic nitrogens is 1. The van der Waals surface area contributed by atoms with Crippen LogP contribution in [0.3, 0.4) is 0 Å². The lowest BCUT2D eigenvalue weighted by atomic mass is 10.1. The Morgan fingerprint density at radius 1 is 1.00 bits per heavy atom. The highest BCUT2D eigenvalue weighted by Gasteiger charge is 2.15. The maximum atomic E-state index is 12.1. The van der Waals surface area contributed by atoms with Crippen LogP contribution >= 0.6 is 23.2 Å². The number of hydrogen-bond donors (Lipinski definition) is 0. The summed E-state index contributed by atoms with van der Waals surface area (Å²) < 4.78 is 7.32. The lowest BCUT2D eigenvalue weighted by Crippen LogP contribution is -2.11. The number of rotatable bonds is 7. The van der Waals surface area contributed by atoms with Gasteiger partial charge in [-0.3, -0.25) is 4.79 Å². The second-order valence-corrected chi connectivity index (χ2v) is 8.39. The SMILES string of the molecule is CCOC(=O)Cc1cn(Cc2cccc(N(C)c3c(Cl)cccc3Cl)c2)c2ccccc12. The summed E-state index contributed by atoms with van der Waals surface area (Å²) in [5, 5.41) is 2.27. The predicted molar refractivity (Wildman–Crippen MR) is 132 cm³/mol. The van der Waals surface area contributed by atoms with Crippen molar-refractivity contribution in [3.63, 3.8) is 0 Å². The van der Waals surface area contributed by atoms with Crippen molar-refractivity contribution in [1.29, 1.82) is 0 Å². The van der Waals surface area contributed by atoms with Crippen LogP contribution in [0, 0.1) is 0 Å². The molecule has 0 N–H and O–H groups in total. The van der Waals surface area contributed by atoms with Crippen LogP contribution in [0.15, 0.2) is 72.9 Å². The van der Waals surface area contributed by atoms with E-state index in [2.05, 4.69) is 22.8 Å². The van der Waals surface area contributed by atoms with Gasteiger partial charge in [0.25, 0.3) is 0 Å². The molecule has 0 amide bonds. The Hall–Kier alpha value is -2.95. The van der Waals surface area contributed by atoms with Crippen molar-refractivity contribution in [2.24, 2.45) is 0 Å². The molecule has 6 heteroatoms. The van der Waals surface area contributed by atoms with Gasteiger partial charge in [-0.05, 0) is 48.4 Å². The van der Waals surface area contributed by atoms with E-state index in [-0.39, 0.29) is 12.4 Å². The molecule has 3 aromatic carbocycles. The van der Waals surface area contributed by atoms with E-state index in [0.717, 1.165) is 33.4 Å². The Bertz CT molecular complexity index is 1250. The van der Waals surface area contributed by atoms with Crippen molar-refractivity contribution in [1.82, 2.24) is 4.57 Å². The topological polar surface area (TPSA) is 34.5 Å². The molecular weight excluding hydrogens is 443 g/mol. The fraction of sp³-hybridized carbons (Fsp3) is 0.192. The second-order valence-electron chi connectivity index (χ2n) is 7.58. The standard InChI is InChI=1S/C26H24Cl2N2O2/c1-3-32-25(31)15-19-17-30(24-13-5-4-10-21(19)24)16-18-8-6-9-20(14-18)29(2)26-22(27)11-7-12-23(26)28/h4-14,17H,3,15-16H2,1-2H3. The summed E-state index contributed by atoms with van der Waals surface area (Å²) in [6, 6.07) is 21.9. The van der Waals surface area contributed by atoms with Crippen LogP contribution in [0.2, 0.25) is 10.0 Å². The van der Waals surface area contributed by atoms with Gasteiger partial charge in [-0.15, -0.1) is 0 Å². The summed E-state index contributed by atoms with van der Waals surface area (Å²) in [5.41, 5.74) is 4.94. The number of benzene rings is 3. The van der Waals surface area contributed by atoms with Gasteiger partial charge < -0.3 is 14.2 Å². The molecule has 0 aliphatic rings. The molecular formula is C26H24Cl2N2O2. The van der Waals surface area contributed by atoms with Crippen LogP contribution < -0.4 is 4.90 Å². The highest BCUT2D eigenvalue weighted by atomic mass is 35.5. The summed E-state index contributed by atoms with van der Waals surface area (Å²) in [5.74, 6) is -0.212. The van der Waals surface area contributed by atoms with Crippen molar-refractivity contribution in [3.05, 3.63) is 94.1 Å². The highest BCUT2D eigenvalue weighted by molar-refractivity contribution is 6.39. The Morgan fingerprint density at radius 3 is 2.47 bits per heavy atom. The number of esters is 1. The molecule has 1 aromatic heterocycles. The van der Waals surface area contributed by atoms with E-state index in [1.807, 2.05) is 73.6 Å². The third-order valence-electron chi connectivity index (χ3n) is 5.43. The first-order chi connectivity index (χ1) is 15.5. The minimum atomic E-state index is -0.212. The zero-order chi connectivity index (χ0) is 22.7. The van der Waals surface area contributed by atoms with E-state index in [4.69, 9.17) is 27.9 Å². The third-order valence-corrected chi connectivity index (χ3v) is 6.04. The Labute approximate surface area is 197 Å². The fourth-order valence-corrected chi connectivity index (χ4v) is 4.61. The van der Waals surface area contributed by atoms with Gasteiger partial charge in [-0.2, -0.15) is 0 Å². The van der Waals surface area contributed by atoms with Crippen LogP contribution in [-0.2, 0) is 22.5 Å². The number of halogens is 2. The highest BCUT2D eigenvalue weighted by Crippen LogP contribution is 2.37. The van der Waals surface area contributed by atoms with Crippen LogP contribution in [0.4, 0.5) is 11.4 Å². The molecule has 0 atom stereocenters. The van der Waals surface area contributed by atoms with E-state index in [1.165, 1.54) is 0 Å². The minimum Gasteiger partial charge on any atom is -0.466 e. The molecule has 32 heavy (non-hydrogen) atoms. The number of anilines is 2. The van der Waals surface area contributed by atoms with Gasteiger partial charge in [-0.25, -0.2) is 0 Å². The average molecular weight is 467 g/mol. The monoisotopic (exact) mass is 466 g/mol. The van der Waals surface area contributed by atoms with Crippen LogP contribution in [0.1, 0.15) is 18.1 Å². The van der Waals surface area contributed by atoms with Gasteiger partial charge in [0.1, 0.15) is 0 Å². The van der Waals surface area contributed by atoms with Gasteiger partial charge in [0.05, 0.1) is 28.8 Å². The zero-order valence-corrected chi connectivity index (χ0v) is 19.5. The van der Waals surface area contributed by atoms with E-state index < -0.39 is 0 Å². The molecule has 0 unspecified atom stereocenters. The molecule has 0 fully saturated rings. The van der Waals surface area contributed by atoms with Gasteiger partial charge >= 0.3 is 5.97 Å². The fourth-order valence-electron chi connectivity index (χ4n) is 3.96. The van der Waals surface area contributed by atoms with E-state index in [0.29, 0.717) is 23.2 Å². The number of carbonyl (C=O) groups excluding carboxylic acids is 1. The first-order valence-electron chi connectivity index (χ1n) is 10.5. The van der Waals surface area contributed by atoms with Gasteiger partial charge in [0.15, 0.2) is 0 Å². The van der Waals surface area contributed by atoms with Crippen molar-refractivity contribution in [2.75, 3.05) is 18.6 Å². The molecule has 164 valence electrons. The second kappa shape index (κ2) is 9.68. The first kappa shape index (κ1) is 22.3. The Kier molecular flexibility index (Phi) is 6.73. The van der Waals surface area contributed by atoms with Crippen molar-refractivity contribution < 1.29 is 9.53 Å². The summed E-state index contributed by atoms with van der Waals surface area (Å²) >= 11 is 12.8. The Morgan fingerprint density at radius 2 is 1.72 bits per heavy atom. The third kappa shape index (κ3) is 4.62. The quantitative estimate of drug-likeness (QED) is 0.278. The van der Waals surface area contributed by atoms with E-state index >= 15 is 0 Å². The van der Waals surface area contributed by atoms with Crippen molar-refractivity contribution in [2.45, 2.75) is 19.9 Å². The molecule has 0 radical (unpaired) electrons. The number of hydrogen-bond acceptors (Lipinski definition) is 3. The van der Waals surface area contributed by atoms with Gasteiger partial charge in [0, 0.05) is 36.4 Å². The van der Waals surface area contributed by atoms with Gasteiger partial charge in [-0.1, -0.05) is 59.6 Å². The summed E-state index contributed by atoms with van der Waals surface area (Å²) in [4.78, 5) is 14.1. The smallest absolute Gasteiger partial charge is 0.310 e. The molecule has 1 heterocycles. The lowest BCUT2D eigenvalue weighted by Gasteiger charge is -2.22.